The maximum absolute atomic E-state index is 9.14. The highest BCUT2D eigenvalue weighted by Crippen LogP contribution is 2.41. The van der Waals surface area contributed by atoms with E-state index < -0.39 is 0 Å². The number of nitrogens with two attached hydrogens (primary N) is 1. The Bertz CT molecular complexity index is 1100. The van der Waals surface area contributed by atoms with Crippen LogP contribution in [0, 0.1) is 11.3 Å². The van der Waals surface area contributed by atoms with Crippen molar-refractivity contribution in [3.8, 4) is 27.8 Å². The molecule has 0 spiro atoms. The molecule has 0 unspecified atom stereocenters. The third-order valence-corrected chi connectivity index (χ3v) is 4.80. The molecule has 0 radical (unpaired) electrons. The Kier molecular flexibility index (Phi) is 3.29. The molecule has 0 saturated carbocycles. The molecule has 0 bridgehead atoms. The van der Waals surface area contributed by atoms with Crippen molar-refractivity contribution in [2.45, 2.75) is 0 Å². The number of nitrogens with zero attached hydrogens (tertiary/aromatic N) is 4. The molecule has 4 rings (SSSR count). The molecule has 0 atom stereocenters. The van der Waals surface area contributed by atoms with E-state index in [0.29, 0.717) is 10.7 Å². The molecule has 1 aromatic carbocycles. The summed E-state index contributed by atoms with van der Waals surface area (Å²) >= 11 is 1.45. The fourth-order valence-electron chi connectivity index (χ4n) is 2.84. The summed E-state index contributed by atoms with van der Waals surface area (Å²) in [6, 6.07) is 13.6. The summed E-state index contributed by atoms with van der Waals surface area (Å²) in [7, 11) is 1.97. The van der Waals surface area contributed by atoms with Crippen molar-refractivity contribution in [3.63, 3.8) is 0 Å². The number of rotatable bonds is 2. The summed E-state index contributed by atoms with van der Waals surface area (Å²) in [5, 5.41) is 10.7. The van der Waals surface area contributed by atoms with Gasteiger partial charge in [0, 0.05) is 36.0 Å². The molecule has 3 heterocycles. The first-order chi connectivity index (χ1) is 11.7. The monoisotopic (exact) mass is 331 g/mol. The van der Waals surface area contributed by atoms with Crippen LogP contribution in [0.2, 0.25) is 0 Å². The fraction of sp³-hybridized carbons (Fsp3) is 0.0556. The van der Waals surface area contributed by atoms with E-state index >= 15 is 0 Å². The van der Waals surface area contributed by atoms with Crippen LogP contribution in [0.25, 0.3) is 32.7 Å². The van der Waals surface area contributed by atoms with Crippen LogP contribution in [0.1, 0.15) is 5.56 Å². The van der Waals surface area contributed by atoms with Crippen molar-refractivity contribution in [2.75, 3.05) is 5.73 Å². The Labute approximate surface area is 142 Å². The van der Waals surface area contributed by atoms with E-state index in [1.54, 1.807) is 12.3 Å². The van der Waals surface area contributed by atoms with E-state index in [-0.39, 0.29) is 0 Å². The summed E-state index contributed by atoms with van der Waals surface area (Å²) in [5.41, 5.74) is 10.2. The van der Waals surface area contributed by atoms with Crippen LogP contribution in [0.3, 0.4) is 0 Å². The topological polar surface area (TPSA) is 80.5 Å². The van der Waals surface area contributed by atoms with E-state index in [0.717, 1.165) is 32.7 Å². The fourth-order valence-corrected chi connectivity index (χ4v) is 3.72. The molecule has 0 saturated heterocycles. The Morgan fingerprint density at radius 3 is 2.96 bits per heavy atom. The van der Waals surface area contributed by atoms with Gasteiger partial charge in [0.1, 0.15) is 5.65 Å². The molecule has 0 fully saturated rings. The van der Waals surface area contributed by atoms with Crippen molar-refractivity contribution in [3.05, 3.63) is 54.4 Å². The third-order valence-electron chi connectivity index (χ3n) is 3.89. The number of fused-ring (bicyclic) bond motifs is 1. The maximum Gasteiger partial charge on any atom is 0.181 e. The van der Waals surface area contributed by atoms with Crippen LogP contribution in [0.4, 0.5) is 5.13 Å². The van der Waals surface area contributed by atoms with Gasteiger partial charge in [-0.1, -0.05) is 23.5 Å². The number of pyridine rings is 1. The molecule has 0 amide bonds. The van der Waals surface area contributed by atoms with Crippen molar-refractivity contribution in [2.24, 2.45) is 7.05 Å². The minimum atomic E-state index is 0.503. The Morgan fingerprint density at radius 2 is 2.12 bits per heavy atom. The molecular formula is C18H13N5S. The van der Waals surface area contributed by atoms with Crippen LogP contribution in [0.5, 0.6) is 0 Å². The zero-order valence-electron chi connectivity index (χ0n) is 12.9. The van der Waals surface area contributed by atoms with Gasteiger partial charge in [-0.25, -0.2) is 9.97 Å². The lowest BCUT2D eigenvalue weighted by Crippen LogP contribution is -1.85. The van der Waals surface area contributed by atoms with Crippen LogP contribution >= 0.6 is 11.3 Å². The van der Waals surface area contributed by atoms with Crippen molar-refractivity contribution < 1.29 is 0 Å². The molecule has 0 aliphatic heterocycles. The molecule has 24 heavy (non-hydrogen) atoms. The SMILES string of the molecule is Cn1cc(-c2sc(N)nc2-c2cccc(C#N)c2)c2cccnc21. The van der Waals surface area contributed by atoms with Crippen LogP contribution in [0.15, 0.2) is 48.8 Å². The van der Waals surface area contributed by atoms with Crippen molar-refractivity contribution >= 4 is 27.5 Å². The largest absolute Gasteiger partial charge is 0.375 e. The summed E-state index contributed by atoms with van der Waals surface area (Å²) < 4.78 is 2.00. The van der Waals surface area contributed by atoms with Gasteiger partial charge in [0.2, 0.25) is 0 Å². The minimum Gasteiger partial charge on any atom is -0.375 e. The quantitative estimate of drug-likeness (QED) is 0.605. The average molecular weight is 331 g/mol. The Hall–Kier alpha value is -3.17. The first-order valence-electron chi connectivity index (χ1n) is 7.34. The summed E-state index contributed by atoms with van der Waals surface area (Å²) in [4.78, 5) is 9.93. The van der Waals surface area contributed by atoms with Gasteiger partial charge in [-0.05, 0) is 24.3 Å². The lowest BCUT2D eigenvalue weighted by atomic mass is 10.0. The standard InChI is InChI=1S/C18H13N5S/c1-23-10-14(13-6-3-7-21-17(13)23)16-15(22-18(20)24-16)12-5-2-4-11(8-12)9-19/h2-8,10H,1H3,(H2,20,22). The first kappa shape index (κ1) is 14.4. The van der Waals surface area contributed by atoms with Crippen LogP contribution < -0.4 is 5.73 Å². The number of nitrogen functional groups attached to an aromatic ring is 1. The molecule has 5 nitrogen and oxygen atoms in total. The van der Waals surface area contributed by atoms with Crippen molar-refractivity contribution in [1.82, 2.24) is 14.5 Å². The lowest BCUT2D eigenvalue weighted by Gasteiger charge is -2.02. The van der Waals surface area contributed by atoms with Gasteiger partial charge in [0.15, 0.2) is 5.13 Å². The van der Waals surface area contributed by atoms with Gasteiger partial charge in [0.05, 0.1) is 22.2 Å². The van der Waals surface area contributed by atoms with E-state index in [1.807, 2.05) is 48.1 Å². The number of nitriles is 1. The predicted octanol–water partition coefficient (Wildman–Crippen LogP) is 3.82. The summed E-state index contributed by atoms with van der Waals surface area (Å²) in [5.74, 6) is 0. The van der Waals surface area contributed by atoms with E-state index in [9.17, 15) is 0 Å². The number of thiazole rings is 1. The molecule has 3 aromatic heterocycles. The van der Waals surface area contributed by atoms with E-state index in [2.05, 4.69) is 16.0 Å². The van der Waals surface area contributed by atoms with Gasteiger partial charge >= 0.3 is 0 Å². The van der Waals surface area contributed by atoms with Gasteiger partial charge in [-0.15, -0.1) is 0 Å². The smallest absolute Gasteiger partial charge is 0.181 e. The first-order valence-corrected chi connectivity index (χ1v) is 8.16. The number of aryl methyl sites for hydroxylation is 1. The van der Waals surface area contributed by atoms with Gasteiger partial charge in [-0.2, -0.15) is 5.26 Å². The number of anilines is 1. The molecule has 4 aromatic rings. The summed E-state index contributed by atoms with van der Waals surface area (Å²) in [6.45, 7) is 0. The van der Waals surface area contributed by atoms with E-state index in [1.165, 1.54) is 11.3 Å². The second-order valence-electron chi connectivity index (χ2n) is 5.45. The Morgan fingerprint density at radius 1 is 1.25 bits per heavy atom. The Balaban J connectivity index is 1.98. The number of aromatic nitrogens is 3. The van der Waals surface area contributed by atoms with Crippen LogP contribution in [-0.4, -0.2) is 14.5 Å². The van der Waals surface area contributed by atoms with Crippen molar-refractivity contribution in [1.29, 1.82) is 5.26 Å². The molecule has 2 N–H and O–H groups in total. The minimum absolute atomic E-state index is 0.503. The average Bonchev–Trinajstić information content (AvgIpc) is 3.16. The summed E-state index contributed by atoms with van der Waals surface area (Å²) in [6.07, 6.45) is 3.83. The van der Waals surface area contributed by atoms with Gasteiger partial charge in [0.25, 0.3) is 0 Å². The second-order valence-corrected chi connectivity index (χ2v) is 6.48. The van der Waals surface area contributed by atoms with Gasteiger partial charge in [-0.3, -0.25) is 0 Å². The van der Waals surface area contributed by atoms with Crippen LogP contribution in [-0.2, 0) is 7.05 Å². The second kappa shape index (κ2) is 5.48. The highest BCUT2D eigenvalue weighted by Gasteiger charge is 2.18. The molecular weight excluding hydrogens is 318 g/mol. The number of benzene rings is 1. The highest BCUT2D eigenvalue weighted by molar-refractivity contribution is 7.19. The zero-order chi connectivity index (χ0) is 16.7. The molecule has 116 valence electrons. The highest BCUT2D eigenvalue weighted by atomic mass is 32.1. The number of hydrogen-bond acceptors (Lipinski definition) is 5. The van der Waals surface area contributed by atoms with E-state index in [4.69, 9.17) is 11.0 Å². The third kappa shape index (κ3) is 2.23. The normalized spacial score (nSPS) is 10.8. The zero-order valence-corrected chi connectivity index (χ0v) is 13.7. The predicted molar refractivity (Wildman–Crippen MR) is 96.4 cm³/mol. The molecule has 6 heteroatoms. The lowest BCUT2D eigenvalue weighted by molar-refractivity contribution is 0.949. The molecule has 0 aliphatic carbocycles. The molecule has 0 aliphatic rings. The maximum atomic E-state index is 9.14. The van der Waals surface area contributed by atoms with Gasteiger partial charge < -0.3 is 10.3 Å². The number of hydrogen-bond donors (Lipinski definition) is 1.